The fraction of sp³-hybridized carbons (Fsp3) is 0.0385. The lowest BCUT2D eigenvalue weighted by Crippen LogP contribution is -2.09. The van der Waals surface area contributed by atoms with E-state index in [0.29, 0.717) is 0 Å². The Kier molecular flexibility index (Phi) is 3.53. The Morgan fingerprint density at radius 2 is 1.55 bits per heavy atom. The van der Waals surface area contributed by atoms with Gasteiger partial charge < -0.3 is 10.1 Å². The first-order valence-electron chi connectivity index (χ1n) is 9.76. The Balaban J connectivity index is 1.40. The molecule has 0 saturated carbocycles. The number of nitrogens with one attached hydrogen (secondary N) is 1. The summed E-state index contributed by atoms with van der Waals surface area (Å²) in [5.41, 5.74) is 5.28. The lowest BCUT2D eigenvalue weighted by Gasteiger charge is -2.11. The van der Waals surface area contributed by atoms with Crippen molar-refractivity contribution in [3.05, 3.63) is 103 Å². The predicted octanol–water partition coefficient (Wildman–Crippen LogP) is 6.56. The predicted molar refractivity (Wildman–Crippen MR) is 118 cm³/mol. The Morgan fingerprint density at radius 1 is 0.724 bits per heavy atom. The van der Waals surface area contributed by atoms with Crippen LogP contribution in [0.5, 0.6) is 5.75 Å². The second-order valence-electron chi connectivity index (χ2n) is 7.32. The number of benzene rings is 4. The second kappa shape index (κ2) is 6.35. The number of nitrogens with zero attached hydrogens (tertiary/aromatic N) is 1. The van der Waals surface area contributed by atoms with Crippen LogP contribution in [0.25, 0.3) is 32.9 Å². The Bertz CT molecular complexity index is 1360. The topological polar surface area (TPSA) is 34.2 Å². The van der Waals surface area contributed by atoms with Crippen LogP contribution in [0.15, 0.2) is 97.1 Å². The summed E-state index contributed by atoms with van der Waals surface area (Å²) < 4.78 is 6.14. The molecule has 1 unspecified atom stereocenters. The molecule has 0 amide bonds. The van der Waals surface area contributed by atoms with Crippen molar-refractivity contribution in [2.45, 2.75) is 6.23 Å². The Hall–Kier alpha value is -3.85. The maximum absolute atomic E-state index is 6.14. The van der Waals surface area contributed by atoms with Crippen LogP contribution in [-0.4, -0.2) is 4.98 Å². The van der Waals surface area contributed by atoms with Crippen molar-refractivity contribution in [1.29, 1.82) is 0 Å². The van der Waals surface area contributed by atoms with Gasteiger partial charge in [0.15, 0.2) is 6.23 Å². The van der Waals surface area contributed by atoms with Gasteiger partial charge in [-0.2, -0.15) is 0 Å². The van der Waals surface area contributed by atoms with E-state index >= 15 is 0 Å². The van der Waals surface area contributed by atoms with E-state index in [1.54, 1.807) is 0 Å². The average molecular weight is 374 g/mol. The van der Waals surface area contributed by atoms with Crippen molar-refractivity contribution in [2.24, 2.45) is 0 Å². The van der Waals surface area contributed by atoms with Crippen LogP contribution in [0.2, 0.25) is 0 Å². The van der Waals surface area contributed by atoms with Crippen LogP contribution < -0.4 is 10.1 Å². The van der Waals surface area contributed by atoms with E-state index in [1.807, 2.05) is 36.4 Å². The highest BCUT2D eigenvalue weighted by molar-refractivity contribution is 6.00. The van der Waals surface area contributed by atoms with Crippen molar-refractivity contribution >= 4 is 27.4 Å². The van der Waals surface area contributed by atoms with E-state index in [2.05, 4.69) is 66.0 Å². The van der Waals surface area contributed by atoms with Gasteiger partial charge in [0.05, 0.1) is 16.9 Å². The van der Waals surface area contributed by atoms with E-state index in [0.717, 1.165) is 44.5 Å². The summed E-state index contributed by atoms with van der Waals surface area (Å²) in [6.45, 7) is 0. The number of hydrogen-bond donors (Lipinski definition) is 1. The normalized spacial score (nSPS) is 15.1. The fourth-order valence-corrected chi connectivity index (χ4v) is 4.01. The summed E-state index contributed by atoms with van der Waals surface area (Å²) in [7, 11) is 0. The van der Waals surface area contributed by atoms with Crippen molar-refractivity contribution < 1.29 is 4.74 Å². The fourth-order valence-electron chi connectivity index (χ4n) is 4.01. The molecule has 1 N–H and O–H groups in total. The molecule has 5 aromatic rings. The molecule has 0 radical (unpaired) electrons. The highest BCUT2D eigenvalue weighted by Crippen LogP contribution is 2.43. The van der Waals surface area contributed by atoms with Crippen LogP contribution in [0.4, 0.5) is 5.69 Å². The van der Waals surface area contributed by atoms with Gasteiger partial charge in [0.1, 0.15) is 5.75 Å². The van der Waals surface area contributed by atoms with Crippen molar-refractivity contribution in [3.63, 3.8) is 0 Å². The van der Waals surface area contributed by atoms with Gasteiger partial charge in [-0.3, -0.25) is 0 Å². The summed E-state index contributed by atoms with van der Waals surface area (Å²) >= 11 is 0. The molecule has 0 bridgehead atoms. The standard InChI is InChI=1S/C26H18N2O/c1-2-7-18(8-3-1)26-28-25-21-13-10-20(16-19(21)12-15-24(25)29-26)23-14-11-17-6-4-5-9-22(17)27-23/h1-16,26,28H. The van der Waals surface area contributed by atoms with Crippen LogP contribution in [0, 0.1) is 0 Å². The highest BCUT2D eigenvalue weighted by Gasteiger charge is 2.25. The van der Waals surface area contributed by atoms with Gasteiger partial charge in [-0.25, -0.2) is 4.98 Å². The monoisotopic (exact) mass is 374 g/mol. The Morgan fingerprint density at radius 3 is 2.48 bits per heavy atom. The maximum Gasteiger partial charge on any atom is 0.196 e. The third kappa shape index (κ3) is 2.71. The van der Waals surface area contributed by atoms with Gasteiger partial charge in [0.2, 0.25) is 0 Å². The highest BCUT2D eigenvalue weighted by atomic mass is 16.5. The molecule has 6 rings (SSSR count). The first-order chi connectivity index (χ1) is 14.3. The van der Waals surface area contributed by atoms with Crippen LogP contribution in [0.3, 0.4) is 0 Å². The molecule has 138 valence electrons. The molecular weight excluding hydrogens is 356 g/mol. The molecule has 3 heteroatoms. The minimum atomic E-state index is -0.154. The SMILES string of the molecule is c1ccc(C2Nc3c(ccc4cc(-c5ccc6ccccc6n5)ccc34)O2)cc1. The smallest absolute Gasteiger partial charge is 0.196 e. The van der Waals surface area contributed by atoms with E-state index < -0.39 is 0 Å². The molecule has 0 aliphatic carbocycles. The first-order valence-corrected chi connectivity index (χ1v) is 9.76. The van der Waals surface area contributed by atoms with Gasteiger partial charge in [-0.1, -0.05) is 72.8 Å². The lowest BCUT2D eigenvalue weighted by atomic mass is 10.0. The number of aromatic nitrogens is 1. The first kappa shape index (κ1) is 16.1. The van der Waals surface area contributed by atoms with E-state index in [-0.39, 0.29) is 6.23 Å². The molecule has 1 aliphatic rings. The van der Waals surface area contributed by atoms with E-state index in [4.69, 9.17) is 9.72 Å². The summed E-state index contributed by atoms with van der Waals surface area (Å²) in [5, 5.41) is 7.02. The lowest BCUT2D eigenvalue weighted by molar-refractivity contribution is 0.260. The van der Waals surface area contributed by atoms with Gasteiger partial charge in [0, 0.05) is 21.9 Å². The summed E-state index contributed by atoms with van der Waals surface area (Å²) in [6.07, 6.45) is -0.154. The minimum absolute atomic E-state index is 0.154. The van der Waals surface area contributed by atoms with E-state index in [9.17, 15) is 0 Å². The van der Waals surface area contributed by atoms with Gasteiger partial charge in [-0.05, 0) is 29.7 Å². The number of fused-ring (bicyclic) bond motifs is 4. The molecule has 4 aromatic carbocycles. The van der Waals surface area contributed by atoms with Crippen LogP contribution in [-0.2, 0) is 0 Å². The van der Waals surface area contributed by atoms with Gasteiger partial charge >= 0.3 is 0 Å². The minimum Gasteiger partial charge on any atom is -0.464 e. The van der Waals surface area contributed by atoms with Crippen LogP contribution >= 0.6 is 0 Å². The molecule has 0 saturated heterocycles. The average Bonchev–Trinajstić information content (AvgIpc) is 3.24. The molecule has 1 atom stereocenters. The number of rotatable bonds is 2. The number of ether oxygens (including phenoxy) is 1. The largest absolute Gasteiger partial charge is 0.464 e. The number of anilines is 1. The zero-order valence-electron chi connectivity index (χ0n) is 15.7. The summed E-state index contributed by atoms with van der Waals surface area (Å²) in [5.74, 6) is 0.892. The van der Waals surface area contributed by atoms with Crippen molar-refractivity contribution in [2.75, 3.05) is 5.32 Å². The molecule has 29 heavy (non-hydrogen) atoms. The number of pyridine rings is 1. The molecule has 1 aliphatic heterocycles. The van der Waals surface area contributed by atoms with Gasteiger partial charge in [0.25, 0.3) is 0 Å². The van der Waals surface area contributed by atoms with Gasteiger partial charge in [-0.15, -0.1) is 0 Å². The zero-order valence-corrected chi connectivity index (χ0v) is 15.7. The third-order valence-electron chi connectivity index (χ3n) is 5.50. The van der Waals surface area contributed by atoms with E-state index in [1.165, 1.54) is 5.39 Å². The van der Waals surface area contributed by atoms with Crippen molar-refractivity contribution in [1.82, 2.24) is 4.98 Å². The Labute approximate surface area is 168 Å². The molecule has 2 heterocycles. The third-order valence-corrected chi connectivity index (χ3v) is 5.50. The van der Waals surface area contributed by atoms with Crippen molar-refractivity contribution in [3.8, 4) is 17.0 Å². The number of para-hydroxylation sites is 1. The molecular formula is C26H18N2O. The van der Waals surface area contributed by atoms with Crippen LogP contribution in [0.1, 0.15) is 11.8 Å². The number of hydrogen-bond acceptors (Lipinski definition) is 3. The quantitative estimate of drug-likeness (QED) is 0.380. The molecule has 0 spiro atoms. The summed E-state index contributed by atoms with van der Waals surface area (Å²) in [6, 6.07) is 33.3. The second-order valence-corrected chi connectivity index (χ2v) is 7.32. The summed E-state index contributed by atoms with van der Waals surface area (Å²) in [4.78, 5) is 4.84. The molecule has 3 nitrogen and oxygen atoms in total. The zero-order chi connectivity index (χ0) is 19.2. The molecule has 1 aromatic heterocycles. The molecule has 0 fully saturated rings. The maximum atomic E-state index is 6.14.